The molecule has 1 aliphatic heterocycles. The standard InChI is InChI=1S/C24H29N3O4/c1-14(2)31-24(30)26-21-11-15(3)27(16(4)28)22-10-9-19(13-20(21)22)18-7-5-17(6-8-18)12-23(25)29/h5-10,13-15,21H,11-12H2,1-4H3,(H2,25,29)(H,26,30)/t15-,21+/m0/s1. The van der Waals surface area contributed by atoms with Gasteiger partial charge in [-0.2, -0.15) is 0 Å². The molecule has 2 atom stereocenters. The van der Waals surface area contributed by atoms with Gasteiger partial charge >= 0.3 is 6.09 Å². The number of hydrogen-bond acceptors (Lipinski definition) is 4. The summed E-state index contributed by atoms with van der Waals surface area (Å²) in [6.45, 7) is 7.12. The lowest BCUT2D eigenvalue weighted by atomic mass is 9.89. The van der Waals surface area contributed by atoms with Gasteiger partial charge < -0.3 is 20.7 Å². The van der Waals surface area contributed by atoms with Crippen LogP contribution >= 0.6 is 0 Å². The van der Waals surface area contributed by atoms with Crippen molar-refractivity contribution in [3.8, 4) is 11.1 Å². The first kappa shape index (κ1) is 22.3. The predicted octanol–water partition coefficient (Wildman–Crippen LogP) is 3.70. The van der Waals surface area contributed by atoms with Crippen LogP contribution in [0.3, 0.4) is 0 Å². The van der Waals surface area contributed by atoms with Crippen molar-refractivity contribution in [3.63, 3.8) is 0 Å². The molecule has 164 valence electrons. The number of amides is 3. The lowest BCUT2D eigenvalue weighted by Gasteiger charge is -2.39. The highest BCUT2D eigenvalue weighted by Gasteiger charge is 2.33. The molecule has 0 aromatic heterocycles. The lowest BCUT2D eigenvalue weighted by Crippen LogP contribution is -2.45. The second kappa shape index (κ2) is 9.20. The highest BCUT2D eigenvalue weighted by molar-refractivity contribution is 5.94. The summed E-state index contributed by atoms with van der Waals surface area (Å²) in [6.07, 6.45) is 0.0794. The predicted molar refractivity (Wildman–Crippen MR) is 120 cm³/mol. The summed E-state index contributed by atoms with van der Waals surface area (Å²) >= 11 is 0. The fourth-order valence-corrected chi connectivity index (χ4v) is 4.07. The van der Waals surface area contributed by atoms with Crippen LogP contribution in [-0.4, -0.2) is 30.1 Å². The molecular formula is C24H29N3O4. The van der Waals surface area contributed by atoms with Crippen molar-refractivity contribution in [2.24, 2.45) is 5.73 Å². The zero-order valence-corrected chi connectivity index (χ0v) is 18.3. The van der Waals surface area contributed by atoms with Crippen LogP contribution in [0.2, 0.25) is 0 Å². The fourth-order valence-electron chi connectivity index (χ4n) is 4.07. The Kier molecular flexibility index (Phi) is 6.63. The summed E-state index contributed by atoms with van der Waals surface area (Å²) in [7, 11) is 0. The van der Waals surface area contributed by atoms with Gasteiger partial charge in [-0.25, -0.2) is 4.79 Å². The molecule has 3 rings (SSSR count). The van der Waals surface area contributed by atoms with Gasteiger partial charge in [0.25, 0.3) is 0 Å². The van der Waals surface area contributed by atoms with Crippen molar-refractivity contribution in [1.29, 1.82) is 0 Å². The number of fused-ring (bicyclic) bond motifs is 1. The Morgan fingerprint density at radius 2 is 1.77 bits per heavy atom. The molecule has 0 spiro atoms. The zero-order valence-electron chi connectivity index (χ0n) is 18.3. The number of nitrogens with zero attached hydrogens (tertiary/aromatic N) is 1. The molecule has 0 saturated heterocycles. The molecule has 0 unspecified atom stereocenters. The number of carbonyl (C=O) groups excluding carboxylic acids is 3. The SMILES string of the molecule is CC(=O)N1c2ccc(-c3ccc(CC(N)=O)cc3)cc2[C@H](NC(=O)OC(C)C)C[C@@H]1C. The minimum Gasteiger partial charge on any atom is -0.447 e. The van der Waals surface area contributed by atoms with Crippen LogP contribution in [0, 0.1) is 0 Å². The summed E-state index contributed by atoms with van der Waals surface area (Å²) in [5.74, 6) is -0.414. The van der Waals surface area contributed by atoms with Gasteiger partial charge in [-0.15, -0.1) is 0 Å². The van der Waals surface area contributed by atoms with E-state index in [0.717, 1.165) is 27.9 Å². The Morgan fingerprint density at radius 1 is 1.13 bits per heavy atom. The Morgan fingerprint density at radius 3 is 2.35 bits per heavy atom. The minimum absolute atomic E-state index is 0.0412. The van der Waals surface area contributed by atoms with Gasteiger partial charge in [0.05, 0.1) is 18.6 Å². The van der Waals surface area contributed by atoms with Crippen molar-refractivity contribution in [2.75, 3.05) is 4.90 Å². The summed E-state index contributed by atoms with van der Waals surface area (Å²) in [5.41, 5.74) is 9.69. The van der Waals surface area contributed by atoms with E-state index in [1.54, 1.807) is 25.7 Å². The van der Waals surface area contributed by atoms with E-state index >= 15 is 0 Å². The third-order valence-electron chi connectivity index (χ3n) is 5.32. The Bertz CT molecular complexity index is 985. The molecular weight excluding hydrogens is 394 g/mol. The molecule has 1 heterocycles. The molecule has 2 aromatic rings. The Hall–Kier alpha value is -3.35. The van der Waals surface area contributed by atoms with E-state index in [1.807, 2.05) is 49.4 Å². The van der Waals surface area contributed by atoms with Crippen LogP contribution in [0.25, 0.3) is 11.1 Å². The summed E-state index contributed by atoms with van der Waals surface area (Å²) in [4.78, 5) is 37.5. The van der Waals surface area contributed by atoms with E-state index in [1.165, 1.54) is 0 Å². The Balaban J connectivity index is 1.97. The first-order valence-corrected chi connectivity index (χ1v) is 10.4. The molecule has 1 aliphatic rings. The highest BCUT2D eigenvalue weighted by atomic mass is 16.6. The zero-order chi connectivity index (χ0) is 22.7. The molecule has 7 nitrogen and oxygen atoms in total. The van der Waals surface area contributed by atoms with Gasteiger partial charge in [0.15, 0.2) is 0 Å². The maximum Gasteiger partial charge on any atom is 0.407 e. The highest BCUT2D eigenvalue weighted by Crippen LogP contribution is 2.39. The molecule has 31 heavy (non-hydrogen) atoms. The molecule has 2 aromatic carbocycles. The van der Waals surface area contributed by atoms with E-state index in [9.17, 15) is 14.4 Å². The largest absolute Gasteiger partial charge is 0.447 e. The van der Waals surface area contributed by atoms with Crippen molar-refractivity contribution in [2.45, 2.75) is 58.7 Å². The number of nitrogens with one attached hydrogen (secondary N) is 1. The first-order valence-electron chi connectivity index (χ1n) is 10.4. The van der Waals surface area contributed by atoms with Gasteiger partial charge in [0.2, 0.25) is 11.8 Å². The maximum absolute atomic E-state index is 12.3. The number of anilines is 1. The number of nitrogens with two attached hydrogens (primary N) is 1. The van der Waals surface area contributed by atoms with E-state index in [4.69, 9.17) is 10.5 Å². The van der Waals surface area contributed by atoms with Gasteiger partial charge in [-0.3, -0.25) is 9.59 Å². The Labute approximate surface area is 182 Å². The van der Waals surface area contributed by atoms with Crippen molar-refractivity contribution >= 4 is 23.6 Å². The number of hydrogen-bond donors (Lipinski definition) is 2. The molecule has 0 bridgehead atoms. The number of ether oxygens (including phenoxy) is 1. The fraction of sp³-hybridized carbons (Fsp3) is 0.375. The second-order valence-electron chi connectivity index (χ2n) is 8.24. The summed E-state index contributed by atoms with van der Waals surface area (Å²) < 4.78 is 5.27. The molecule has 0 radical (unpaired) electrons. The number of benzene rings is 2. The quantitative estimate of drug-likeness (QED) is 0.765. The first-order chi connectivity index (χ1) is 14.7. The second-order valence-corrected chi connectivity index (χ2v) is 8.24. The van der Waals surface area contributed by atoms with E-state index in [0.29, 0.717) is 6.42 Å². The maximum atomic E-state index is 12.3. The average molecular weight is 424 g/mol. The van der Waals surface area contributed by atoms with E-state index < -0.39 is 6.09 Å². The smallest absolute Gasteiger partial charge is 0.407 e. The van der Waals surface area contributed by atoms with Gasteiger partial charge in [-0.05, 0) is 61.6 Å². The van der Waals surface area contributed by atoms with Crippen LogP contribution < -0.4 is 16.0 Å². The number of carbonyl (C=O) groups is 3. The normalized spacial score (nSPS) is 17.8. The summed E-state index contributed by atoms with van der Waals surface area (Å²) in [6, 6.07) is 13.2. The van der Waals surface area contributed by atoms with Crippen LogP contribution in [-0.2, 0) is 20.7 Å². The van der Waals surface area contributed by atoms with Crippen LogP contribution in [0.15, 0.2) is 42.5 Å². The van der Waals surface area contributed by atoms with Crippen LogP contribution in [0.5, 0.6) is 0 Å². The molecule has 3 N–H and O–H groups in total. The third kappa shape index (κ3) is 5.23. The minimum atomic E-state index is -0.476. The summed E-state index contributed by atoms with van der Waals surface area (Å²) in [5, 5.41) is 2.96. The van der Waals surface area contributed by atoms with Crippen molar-refractivity contribution in [1.82, 2.24) is 5.32 Å². The van der Waals surface area contributed by atoms with E-state index in [2.05, 4.69) is 5.32 Å². The van der Waals surface area contributed by atoms with Crippen LogP contribution in [0.4, 0.5) is 10.5 Å². The monoisotopic (exact) mass is 423 g/mol. The van der Waals surface area contributed by atoms with Gasteiger partial charge in [0.1, 0.15) is 0 Å². The number of primary amides is 1. The molecule has 0 saturated carbocycles. The molecule has 3 amide bonds. The van der Waals surface area contributed by atoms with Crippen molar-refractivity contribution in [3.05, 3.63) is 53.6 Å². The number of alkyl carbamates (subject to hydrolysis) is 1. The number of rotatable bonds is 5. The van der Waals surface area contributed by atoms with Gasteiger partial charge in [-0.1, -0.05) is 30.3 Å². The van der Waals surface area contributed by atoms with Crippen LogP contribution in [0.1, 0.15) is 51.3 Å². The molecule has 0 fully saturated rings. The van der Waals surface area contributed by atoms with Gasteiger partial charge in [0, 0.05) is 18.7 Å². The third-order valence-corrected chi connectivity index (χ3v) is 5.32. The van der Waals surface area contributed by atoms with Crippen molar-refractivity contribution < 1.29 is 19.1 Å². The molecule has 0 aliphatic carbocycles. The topological polar surface area (TPSA) is 102 Å². The average Bonchev–Trinajstić information content (AvgIpc) is 2.67. The lowest BCUT2D eigenvalue weighted by molar-refractivity contribution is -0.118. The van der Waals surface area contributed by atoms with E-state index in [-0.39, 0.29) is 36.4 Å². The molecule has 7 heteroatoms.